The first-order chi connectivity index (χ1) is 16.8. The highest BCUT2D eigenvalue weighted by molar-refractivity contribution is 7.99. The molecule has 0 radical (unpaired) electrons. The van der Waals surface area contributed by atoms with E-state index in [2.05, 4.69) is 15.6 Å². The molecule has 1 aromatic carbocycles. The third kappa shape index (κ3) is 10.9. The number of amides is 2. The van der Waals surface area contributed by atoms with Crippen LogP contribution in [0.5, 0.6) is 0 Å². The molecular weight excluding hydrogens is 472 g/mol. The Balaban J connectivity index is 1.79. The number of carboxylic acid groups (broad SMARTS) is 1. The quantitative estimate of drug-likeness (QED) is 0.0881. The molecule has 1 aliphatic carbocycles. The van der Waals surface area contributed by atoms with Crippen molar-refractivity contribution in [1.82, 2.24) is 5.32 Å². The molecule has 0 bridgehead atoms. The molecule has 1 fully saturated rings. The fourth-order valence-electron chi connectivity index (χ4n) is 3.63. The monoisotopic (exact) mass is 508 g/mol. The molecule has 1 aliphatic rings. The molecule has 35 heavy (non-hydrogen) atoms. The average molecular weight is 509 g/mol. The highest BCUT2D eigenvalue weighted by atomic mass is 32.2. The van der Waals surface area contributed by atoms with Crippen LogP contribution in [0.4, 0.5) is 11.4 Å². The van der Waals surface area contributed by atoms with Crippen LogP contribution >= 0.6 is 11.8 Å². The minimum absolute atomic E-state index is 0.0795. The van der Waals surface area contributed by atoms with Crippen LogP contribution in [-0.2, 0) is 14.3 Å². The SMILES string of the molecule is NC(N)=NCCCC(NC(=O)c1ccc(N)c(NC(=O)CSCCCOC2CCCC2)c1)C(=O)O. The number of nitrogens with zero attached hydrogens (tertiary/aromatic N) is 1. The van der Waals surface area contributed by atoms with E-state index in [4.69, 9.17) is 21.9 Å². The summed E-state index contributed by atoms with van der Waals surface area (Å²) in [7, 11) is 0. The number of nitrogen functional groups attached to an aromatic ring is 1. The normalized spacial score (nSPS) is 14.3. The van der Waals surface area contributed by atoms with Crippen LogP contribution in [0, 0.1) is 0 Å². The van der Waals surface area contributed by atoms with Gasteiger partial charge in [-0.15, -0.1) is 0 Å². The Labute approximate surface area is 209 Å². The van der Waals surface area contributed by atoms with E-state index < -0.39 is 17.9 Å². The summed E-state index contributed by atoms with van der Waals surface area (Å²) in [6, 6.07) is 3.28. The third-order valence-electron chi connectivity index (χ3n) is 5.46. The van der Waals surface area contributed by atoms with Crippen LogP contribution in [0.1, 0.15) is 55.3 Å². The maximum atomic E-state index is 12.6. The lowest BCUT2D eigenvalue weighted by atomic mass is 10.1. The number of hydrogen-bond donors (Lipinski definition) is 6. The summed E-state index contributed by atoms with van der Waals surface area (Å²) in [6.45, 7) is 0.959. The standard InChI is InChI=1S/C23H36N6O5S/c24-17-9-8-15(21(31)29-18(22(32)33)7-3-10-27-23(25)26)13-19(17)28-20(30)14-35-12-4-11-34-16-5-1-2-6-16/h8-9,13,16,18H,1-7,10-12,14,24H2,(H,28,30)(H,29,31)(H,32,33)(H4,25,26,27). The number of guanidine groups is 1. The van der Waals surface area contributed by atoms with Gasteiger partial charge in [-0.1, -0.05) is 12.8 Å². The average Bonchev–Trinajstić information content (AvgIpc) is 3.32. The van der Waals surface area contributed by atoms with E-state index in [1.54, 1.807) is 0 Å². The molecule has 0 heterocycles. The summed E-state index contributed by atoms with van der Waals surface area (Å²) < 4.78 is 5.82. The Morgan fingerprint density at radius 2 is 1.94 bits per heavy atom. The van der Waals surface area contributed by atoms with Crippen LogP contribution in [0.2, 0.25) is 0 Å². The second-order valence-corrected chi connectivity index (χ2v) is 9.45. The Kier molecular flexibility index (Phi) is 12.2. The van der Waals surface area contributed by atoms with E-state index in [1.165, 1.54) is 42.8 Å². The van der Waals surface area contributed by atoms with Gasteiger partial charge in [0.05, 0.1) is 23.2 Å². The zero-order valence-corrected chi connectivity index (χ0v) is 20.6. The van der Waals surface area contributed by atoms with E-state index in [0.29, 0.717) is 30.5 Å². The Morgan fingerprint density at radius 1 is 1.20 bits per heavy atom. The molecule has 1 unspecified atom stereocenters. The van der Waals surface area contributed by atoms with Crippen molar-refractivity contribution < 1.29 is 24.2 Å². The molecular formula is C23H36N6O5S. The van der Waals surface area contributed by atoms with E-state index >= 15 is 0 Å². The lowest BCUT2D eigenvalue weighted by Gasteiger charge is -2.15. The number of benzene rings is 1. The maximum Gasteiger partial charge on any atom is 0.326 e. The number of aliphatic imine (C=N–C) groups is 1. The highest BCUT2D eigenvalue weighted by Gasteiger charge is 2.21. The minimum Gasteiger partial charge on any atom is -0.480 e. The predicted molar refractivity (Wildman–Crippen MR) is 138 cm³/mol. The van der Waals surface area contributed by atoms with Gasteiger partial charge in [0.15, 0.2) is 5.96 Å². The van der Waals surface area contributed by atoms with Crippen molar-refractivity contribution in [3.8, 4) is 0 Å². The van der Waals surface area contributed by atoms with Gasteiger partial charge in [0, 0.05) is 18.7 Å². The summed E-state index contributed by atoms with van der Waals surface area (Å²) in [6.07, 6.45) is 6.57. The molecule has 12 heteroatoms. The van der Waals surface area contributed by atoms with Gasteiger partial charge in [-0.2, -0.15) is 11.8 Å². The second kappa shape index (κ2) is 15.1. The fraction of sp³-hybridized carbons (Fsp3) is 0.565. The van der Waals surface area contributed by atoms with Gasteiger partial charge in [-0.3, -0.25) is 14.6 Å². The number of ether oxygens (including phenoxy) is 1. The first kappa shape index (κ1) is 28.2. The summed E-state index contributed by atoms with van der Waals surface area (Å²) >= 11 is 1.50. The summed E-state index contributed by atoms with van der Waals surface area (Å²) in [4.78, 5) is 40.2. The van der Waals surface area contributed by atoms with Crippen molar-refractivity contribution in [3.05, 3.63) is 23.8 Å². The lowest BCUT2D eigenvalue weighted by Crippen LogP contribution is -2.41. The Hall–Kier alpha value is -2.99. The number of aliphatic carboxylic acids is 1. The van der Waals surface area contributed by atoms with Gasteiger partial charge in [-0.25, -0.2) is 4.79 Å². The van der Waals surface area contributed by atoms with Crippen molar-refractivity contribution in [2.75, 3.05) is 35.7 Å². The minimum atomic E-state index is -1.17. The molecule has 1 aromatic rings. The van der Waals surface area contributed by atoms with Crippen LogP contribution in [-0.4, -0.2) is 65.7 Å². The third-order valence-corrected chi connectivity index (χ3v) is 6.50. The molecule has 1 saturated carbocycles. The van der Waals surface area contributed by atoms with Crippen molar-refractivity contribution in [3.63, 3.8) is 0 Å². The van der Waals surface area contributed by atoms with Gasteiger partial charge in [0.2, 0.25) is 5.91 Å². The molecule has 2 amide bonds. The first-order valence-corrected chi connectivity index (χ1v) is 12.9. The van der Waals surface area contributed by atoms with Crippen LogP contribution in [0.25, 0.3) is 0 Å². The van der Waals surface area contributed by atoms with E-state index in [-0.39, 0.29) is 36.1 Å². The van der Waals surface area contributed by atoms with Gasteiger partial charge in [-0.05, 0) is 56.1 Å². The summed E-state index contributed by atoms with van der Waals surface area (Å²) in [5, 5.41) is 14.6. The van der Waals surface area contributed by atoms with Crippen molar-refractivity contribution >= 4 is 46.9 Å². The number of nitrogens with one attached hydrogen (secondary N) is 2. The molecule has 11 nitrogen and oxygen atoms in total. The Morgan fingerprint density at radius 3 is 2.63 bits per heavy atom. The molecule has 9 N–H and O–H groups in total. The lowest BCUT2D eigenvalue weighted by molar-refractivity contribution is -0.139. The smallest absolute Gasteiger partial charge is 0.326 e. The maximum absolute atomic E-state index is 12.6. The zero-order valence-electron chi connectivity index (χ0n) is 19.8. The number of carbonyl (C=O) groups is 3. The van der Waals surface area contributed by atoms with E-state index in [0.717, 1.165) is 25.0 Å². The van der Waals surface area contributed by atoms with Gasteiger partial charge < -0.3 is 37.7 Å². The molecule has 194 valence electrons. The number of thioether (sulfide) groups is 1. The highest BCUT2D eigenvalue weighted by Crippen LogP contribution is 2.22. The largest absolute Gasteiger partial charge is 0.480 e. The molecule has 1 atom stereocenters. The van der Waals surface area contributed by atoms with Crippen molar-refractivity contribution in [2.45, 2.75) is 57.1 Å². The van der Waals surface area contributed by atoms with Gasteiger partial charge in [0.1, 0.15) is 6.04 Å². The van der Waals surface area contributed by atoms with Crippen LogP contribution in [0.15, 0.2) is 23.2 Å². The number of hydrogen-bond acceptors (Lipinski definition) is 7. The number of rotatable bonds is 15. The number of carbonyl (C=O) groups excluding carboxylic acids is 2. The molecule has 0 saturated heterocycles. The van der Waals surface area contributed by atoms with E-state index in [9.17, 15) is 19.5 Å². The number of carboxylic acids is 1. The second-order valence-electron chi connectivity index (χ2n) is 8.35. The molecule has 0 aliphatic heterocycles. The fourth-order valence-corrected chi connectivity index (χ4v) is 4.35. The summed E-state index contributed by atoms with van der Waals surface area (Å²) in [5.74, 6) is -1.03. The Bertz CT molecular complexity index is 887. The number of anilines is 2. The van der Waals surface area contributed by atoms with Crippen molar-refractivity contribution in [1.29, 1.82) is 0 Å². The molecule has 0 aromatic heterocycles. The first-order valence-electron chi connectivity index (χ1n) is 11.7. The zero-order chi connectivity index (χ0) is 25.6. The van der Waals surface area contributed by atoms with Gasteiger partial charge in [0.25, 0.3) is 5.91 Å². The van der Waals surface area contributed by atoms with E-state index in [1.807, 2.05) is 0 Å². The molecule has 0 spiro atoms. The van der Waals surface area contributed by atoms with Crippen LogP contribution in [0.3, 0.4) is 0 Å². The van der Waals surface area contributed by atoms with Crippen molar-refractivity contribution in [2.24, 2.45) is 16.5 Å². The summed E-state index contributed by atoms with van der Waals surface area (Å²) in [5.41, 5.74) is 17.2. The number of nitrogens with two attached hydrogens (primary N) is 3. The van der Waals surface area contributed by atoms with Crippen LogP contribution < -0.4 is 27.8 Å². The predicted octanol–water partition coefficient (Wildman–Crippen LogP) is 1.53. The van der Waals surface area contributed by atoms with Gasteiger partial charge >= 0.3 is 5.97 Å². The molecule has 2 rings (SSSR count). The topological polar surface area (TPSA) is 195 Å².